The normalized spacial score (nSPS) is 27.5. The Labute approximate surface area is 77.1 Å². The Kier molecular flexibility index (Phi) is 4.07. The van der Waals surface area contributed by atoms with Gasteiger partial charge in [0.05, 0.1) is 0 Å². The molecule has 0 aromatic rings. The van der Waals surface area contributed by atoms with Crippen LogP contribution in [-0.2, 0) is 0 Å². The highest BCUT2D eigenvalue weighted by atomic mass is 15.1. The highest BCUT2D eigenvalue weighted by molar-refractivity contribution is 4.72. The Morgan fingerprint density at radius 3 is 2.67 bits per heavy atom. The minimum atomic E-state index is 0.872. The van der Waals surface area contributed by atoms with Gasteiger partial charge in [-0.2, -0.15) is 0 Å². The van der Waals surface area contributed by atoms with E-state index in [4.69, 9.17) is 0 Å². The molecule has 0 bridgehead atoms. The second kappa shape index (κ2) is 4.86. The summed E-state index contributed by atoms with van der Waals surface area (Å²) in [6.07, 6.45) is 4.31. The maximum absolute atomic E-state index is 2.61. The van der Waals surface area contributed by atoms with Crippen LogP contribution in [-0.4, -0.2) is 24.5 Å². The zero-order valence-electron chi connectivity index (χ0n) is 8.84. The average Bonchev–Trinajstić information content (AvgIpc) is 2.28. The third kappa shape index (κ3) is 2.78. The maximum atomic E-state index is 2.61. The number of hydrogen-bond acceptors (Lipinski definition) is 1. The van der Waals surface area contributed by atoms with Crippen LogP contribution in [0.25, 0.3) is 0 Å². The van der Waals surface area contributed by atoms with Crippen LogP contribution in [0.4, 0.5) is 0 Å². The Morgan fingerprint density at radius 2 is 2.08 bits per heavy atom. The predicted molar refractivity (Wildman–Crippen MR) is 54.3 cm³/mol. The first-order valence-electron chi connectivity index (χ1n) is 5.46. The van der Waals surface area contributed by atoms with Gasteiger partial charge in [-0.25, -0.2) is 0 Å². The van der Waals surface area contributed by atoms with Gasteiger partial charge in [0.15, 0.2) is 0 Å². The number of hydrogen-bond donors (Lipinski definition) is 0. The van der Waals surface area contributed by atoms with E-state index in [0.717, 1.165) is 11.8 Å². The Balaban J connectivity index is 2.42. The van der Waals surface area contributed by atoms with Gasteiger partial charge in [0.1, 0.15) is 0 Å². The molecule has 1 rings (SSSR count). The van der Waals surface area contributed by atoms with Gasteiger partial charge in [-0.05, 0) is 37.8 Å². The summed E-state index contributed by atoms with van der Waals surface area (Å²) in [4.78, 5) is 2.61. The van der Waals surface area contributed by atoms with Crippen LogP contribution in [0.1, 0.15) is 40.0 Å². The van der Waals surface area contributed by atoms with E-state index in [1.807, 2.05) is 0 Å². The van der Waals surface area contributed by atoms with Gasteiger partial charge >= 0.3 is 0 Å². The first-order chi connectivity index (χ1) is 5.74. The standard InChI is InChI=1S/C11H23N/c1-4-12-8-6-5-7-11(9-12)10(2)3/h10-11H,4-9H2,1-3H3/t11-/m0/s1. The molecule has 0 aromatic heterocycles. The molecule has 1 fully saturated rings. The fourth-order valence-corrected chi connectivity index (χ4v) is 2.09. The number of nitrogens with zero attached hydrogens (tertiary/aromatic N) is 1. The Morgan fingerprint density at radius 1 is 1.33 bits per heavy atom. The van der Waals surface area contributed by atoms with Crippen molar-refractivity contribution in [3.63, 3.8) is 0 Å². The highest BCUT2D eigenvalue weighted by Crippen LogP contribution is 2.22. The van der Waals surface area contributed by atoms with E-state index in [-0.39, 0.29) is 0 Å². The summed E-state index contributed by atoms with van der Waals surface area (Å²) in [5.41, 5.74) is 0. The van der Waals surface area contributed by atoms with Crippen LogP contribution in [0.15, 0.2) is 0 Å². The molecule has 0 radical (unpaired) electrons. The average molecular weight is 169 g/mol. The van der Waals surface area contributed by atoms with Crippen LogP contribution >= 0.6 is 0 Å². The van der Waals surface area contributed by atoms with E-state index in [1.54, 1.807) is 0 Å². The van der Waals surface area contributed by atoms with Crippen molar-refractivity contribution in [2.75, 3.05) is 19.6 Å². The van der Waals surface area contributed by atoms with Gasteiger partial charge in [-0.1, -0.05) is 27.2 Å². The molecule has 72 valence electrons. The Hall–Kier alpha value is -0.0400. The molecule has 1 saturated heterocycles. The SMILES string of the molecule is CCN1CCCC[C@H](C(C)C)C1. The molecule has 0 saturated carbocycles. The van der Waals surface area contributed by atoms with Gasteiger partial charge in [0, 0.05) is 6.54 Å². The lowest BCUT2D eigenvalue weighted by atomic mass is 9.91. The summed E-state index contributed by atoms with van der Waals surface area (Å²) in [5.74, 6) is 1.82. The van der Waals surface area contributed by atoms with E-state index in [1.165, 1.54) is 38.9 Å². The minimum absolute atomic E-state index is 0.872. The van der Waals surface area contributed by atoms with E-state index in [9.17, 15) is 0 Å². The van der Waals surface area contributed by atoms with Gasteiger partial charge in [0.2, 0.25) is 0 Å². The number of rotatable bonds is 2. The molecule has 1 aliphatic heterocycles. The topological polar surface area (TPSA) is 3.24 Å². The van der Waals surface area contributed by atoms with E-state index >= 15 is 0 Å². The second-order valence-corrected chi connectivity index (χ2v) is 4.39. The number of likely N-dealkylation sites (tertiary alicyclic amines) is 1. The molecule has 1 atom stereocenters. The molecule has 1 heteroatoms. The van der Waals surface area contributed by atoms with Crippen molar-refractivity contribution in [2.24, 2.45) is 11.8 Å². The van der Waals surface area contributed by atoms with Crippen molar-refractivity contribution in [1.29, 1.82) is 0 Å². The quantitative estimate of drug-likeness (QED) is 0.614. The fraction of sp³-hybridized carbons (Fsp3) is 1.00. The summed E-state index contributed by atoms with van der Waals surface area (Å²) in [6.45, 7) is 10.9. The summed E-state index contributed by atoms with van der Waals surface area (Å²) in [6, 6.07) is 0. The molecule has 1 heterocycles. The summed E-state index contributed by atoms with van der Waals surface area (Å²) >= 11 is 0. The molecule has 1 aliphatic rings. The van der Waals surface area contributed by atoms with Crippen molar-refractivity contribution in [3.8, 4) is 0 Å². The van der Waals surface area contributed by atoms with E-state index in [0.29, 0.717) is 0 Å². The van der Waals surface area contributed by atoms with Crippen molar-refractivity contribution >= 4 is 0 Å². The van der Waals surface area contributed by atoms with Crippen molar-refractivity contribution < 1.29 is 0 Å². The predicted octanol–water partition coefficient (Wildman–Crippen LogP) is 2.76. The highest BCUT2D eigenvalue weighted by Gasteiger charge is 2.19. The zero-order valence-corrected chi connectivity index (χ0v) is 8.84. The van der Waals surface area contributed by atoms with Crippen LogP contribution in [0.2, 0.25) is 0 Å². The largest absolute Gasteiger partial charge is 0.303 e. The van der Waals surface area contributed by atoms with Crippen molar-refractivity contribution in [3.05, 3.63) is 0 Å². The molecular weight excluding hydrogens is 146 g/mol. The first-order valence-corrected chi connectivity index (χ1v) is 5.46. The van der Waals surface area contributed by atoms with Crippen molar-refractivity contribution in [2.45, 2.75) is 40.0 Å². The van der Waals surface area contributed by atoms with Gasteiger partial charge in [-0.3, -0.25) is 0 Å². The Bertz CT molecular complexity index is 120. The molecule has 0 unspecified atom stereocenters. The minimum Gasteiger partial charge on any atom is -0.303 e. The molecule has 0 aliphatic carbocycles. The molecule has 1 nitrogen and oxygen atoms in total. The lowest BCUT2D eigenvalue weighted by Crippen LogP contribution is -2.30. The molecule has 0 amide bonds. The zero-order chi connectivity index (χ0) is 8.97. The fourth-order valence-electron chi connectivity index (χ4n) is 2.09. The molecular formula is C11H23N. The van der Waals surface area contributed by atoms with Crippen LogP contribution in [0.3, 0.4) is 0 Å². The summed E-state index contributed by atoms with van der Waals surface area (Å²) in [7, 11) is 0. The van der Waals surface area contributed by atoms with Crippen LogP contribution in [0.5, 0.6) is 0 Å². The van der Waals surface area contributed by atoms with E-state index < -0.39 is 0 Å². The smallest absolute Gasteiger partial charge is 0.00120 e. The third-order valence-corrected chi connectivity index (χ3v) is 3.18. The van der Waals surface area contributed by atoms with Crippen molar-refractivity contribution in [1.82, 2.24) is 4.90 Å². The molecule has 0 spiro atoms. The summed E-state index contributed by atoms with van der Waals surface area (Å²) < 4.78 is 0. The van der Waals surface area contributed by atoms with Gasteiger partial charge < -0.3 is 4.90 Å². The van der Waals surface area contributed by atoms with Gasteiger partial charge in [0.25, 0.3) is 0 Å². The molecule has 12 heavy (non-hydrogen) atoms. The lowest BCUT2D eigenvalue weighted by molar-refractivity contribution is 0.228. The summed E-state index contributed by atoms with van der Waals surface area (Å²) in [5, 5.41) is 0. The molecule has 0 aromatic carbocycles. The van der Waals surface area contributed by atoms with Crippen LogP contribution in [0, 0.1) is 11.8 Å². The third-order valence-electron chi connectivity index (χ3n) is 3.18. The molecule has 0 N–H and O–H groups in total. The van der Waals surface area contributed by atoms with Crippen LogP contribution < -0.4 is 0 Å². The van der Waals surface area contributed by atoms with E-state index in [2.05, 4.69) is 25.7 Å². The van der Waals surface area contributed by atoms with Gasteiger partial charge in [-0.15, -0.1) is 0 Å². The first kappa shape index (κ1) is 10.0. The lowest BCUT2D eigenvalue weighted by Gasteiger charge is -2.25. The monoisotopic (exact) mass is 169 g/mol. The maximum Gasteiger partial charge on any atom is 0.00120 e. The second-order valence-electron chi connectivity index (χ2n) is 4.39.